The molecule has 8 heteroatoms. The third kappa shape index (κ3) is 4.11. The van der Waals surface area contributed by atoms with Crippen molar-refractivity contribution in [3.63, 3.8) is 0 Å². The van der Waals surface area contributed by atoms with Crippen LogP contribution in [0.5, 0.6) is 0 Å². The minimum atomic E-state index is -0.969. The van der Waals surface area contributed by atoms with Gasteiger partial charge in [-0.3, -0.25) is 4.79 Å². The van der Waals surface area contributed by atoms with Crippen LogP contribution in [0.25, 0.3) is 6.08 Å². The summed E-state index contributed by atoms with van der Waals surface area (Å²) in [5.41, 5.74) is 0.347. The molecule has 0 spiro atoms. The largest absolute Gasteiger partial charge is 0.491 e. The summed E-state index contributed by atoms with van der Waals surface area (Å²) in [7, 11) is -0.608. The summed E-state index contributed by atoms with van der Waals surface area (Å²) in [4.78, 5) is 22.9. The third-order valence-electron chi connectivity index (χ3n) is 4.23. The maximum atomic E-state index is 11.4. The molecular weight excluding hydrogens is 347 g/mol. The van der Waals surface area contributed by atoms with E-state index in [4.69, 9.17) is 9.31 Å². The van der Waals surface area contributed by atoms with Gasteiger partial charge < -0.3 is 14.4 Å². The van der Waals surface area contributed by atoms with Crippen molar-refractivity contribution in [2.24, 2.45) is 0 Å². The lowest BCUT2D eigenvalue weighted by atomic mass is 9.78. The Labute approximate surface area is 150 Å². The average molecular weight is 368 g/mol. The molecule has 1 aromatic rings. The van der Waals surface area contributed by atoms with Crippen LogP contribution in [-0.2, 0) is 14.1 Å². The van der Waals surface area contributed by atoms with E-state index in [1.54, 1.807) is 17.5 Å². The van der Waals surface area contributed by atoms with Gasteiger partial charge in [0.25, 0.3) is 0 Å². The molecule has 2 rings (SSSR count). The van der Waals surface area contributed by atoms with Crippen LogP contribution in [0.4, 0.5) is 0 Å². The maximum absolute atomic E-state index is 11.4. The van der Waals surface area contributed by atoms with Gasteiger partial charge in [0.1, 0.15) is 4.88 Å². The standard InChI is InChI=1S/C16H21BO5S2/c1-10(18)24-9-12(8-11-6-7-23-13(11)14(19)20)17-21-15(2,3)16(4,5)22-17/h6-8H,9H2,1-5H3,(H,19,20). The van der Waals surface area contributed by atoms with Gasteiger partial charge in [-0.15, -0.1) is 11.3 Å². The molecule has 0 bridgehead atoms. The molecule has 5 nitrogen and oxygen atoms in total. The smallest absolute Gasteiger partial charge is 0.477 e. The lowest BCUT2D eigenvalue weighted by molar-refractivity contribution is -0.109. The first-order valence-corrected chi connectivity index (χ1v) is 9.40. The molecule has 2 heterocycles. The van der Waals surface area contributed by atoms with Gasteiger partial charge in [0, 0.05) is 12.7 Å². The van der Waals surface area contributed by atoms with Crippen LogP contribution >= 0.6 is 23.1 Å². The molecule has 1 aromatic heterocycles. The summed E-state index contributed by atoms with van der Waals surface area (Å²) in [6.07, 6.45) is 1.76. The lowest BCUT2D eigenvalue weighted by Crippen LogP contribution is -2.41. The van der Waals surface area contributed by atoms with E-state index in [1.165, 1.54) is 18.3 Å². The highest BCUT2D eigenvalue weighted by Crippen LogP contribution is 2.39. The first-order valence-electron chi connectivity index (χ1n) is 7.54. The fourth-order valence-corrected chi connectivity index (χ4v) is 3.47. The van der Waals surface area contributed by atoms with Gasteiger partial charge >= 0.3 is 13.1 Å². The van der Waals surface area contributed by atoms with Crippen LogP contribution in [0.15, 0.2) is 16.9 Å². The normalized spacial score (nSPS) is 19.5. The van der Waals surface area contributed by atoms with Crippen molar-refractivity contribution >= 4 is 47.4 Å². The Morgan fingerprint density at radius 1 is 1.29 bits per heavy atom. The van der Waals surface area contributed by atoms with E-state index in [2.05, 4.69) is 0 Å². The molecule has 1 N–H and O–H groups in total. The van der Waals surface area contributed by atoms with E-state index in [9.17, 15) is 14.7 Å². The average Bonchev–Trinajstić information content (AvgIpc) is 2.97. The van der Waals surface area contributed by atoms with Crippen molar-refractivity contribution in [3.05, 3.63) is 27.4 Å². The number of rotatable bonds is 5. The van der Waals surface area contributed by atoms with Crippen molar-refractivity contribution in [1.82, 2.24) is 0 Å². The van der Waals surface area contributed by atoms with E-state index in [0.717, 1.165) is 17.2 Å². The summed E-state index contributed by atoms with van der Waals surface area (Å²) < 4.78 is 12.1. The Morgan fingerprint density at radius 3 is 2.38 bits per heavy atom. The molecule has 24 heavy (non-hydrogen) atoms. The van der Waals surface area contributed by atoms with Crippen LogP contribution in [0.3, 0.4) is 0 Å². The number of hydrogen-bond donors (Lipinski definition) is 1. The second kappa shape index (κ2) is 7.03. The number of carboxylic acid groups (broad SMARTS) is 1. The highest BCUT2D eigenvalue weighted by molar-refractivity contribution is 8.13. The molecule has 0 unspecified atom stereocenters. The molecule has 130 valence electrons. The summed E-state index contributed by atoms with van der Waals surface area (Å²) >= 11 is 2.32. The number of carbonyl (C=O) groups excluding carboxylic acids is 1. The second-order valence-electron chi connectivity index (χ2n) is 6.60. The van der Waals surface area contributed by atoms with Crippen molar-refractivity contribution in [3.8, 4) is 0 Å². The van der Waals surface area contributed by atoms with Crippen LogP contribution < -0.4 is 0 Å². The van der Waals surface area contributed by atoms with E-state index in [0.29, 0.717) is 11.3 Å². The monoisotopic (exact) mass is 368 g/mol. The SMILES string of the molecule is CC(=O)SCC(=Cc1ccsc1C(=O)O)B1OC(C)(C)C(C)(C)O1. The van der Waals surface area contributed by atoms with Gasteiger partial charge in [0.15, 0.2) is 5.12 Å². The molecule has 0 saturated carbocycles. The van der Waals surface area contributed by atoms with Crippen molar-refractivity contribution in [2.75, 3.05) is 5.75 Å². The number of carboxylic acids is 1. The second-order valence-corrected chi connectivity index (χ2v) is 8.67. The molecule has 0 amide bonds. The van der Waals surface area contributed by atoms with Gasteiger partial charge in [0.05, 0.1) is 11.2 Å². The summed E-state index contributed by atoms with van der Waals surface area (Å²) in [5.74, 6) is -0.579. The van der Waals surface area contributed by atoms with Crippen LogP contribution in [0, 0.1) is 0 Å². The van der Waals surface area contributed by atoms with Crippen molar-refractivity contribution < 1.29 is 24.0 Å². The Bertz CT molecular complexity index is 662. The molecule has 1 aliphatic heterocycles. The van der Waals surface area contributed by atoms with Gasteiger partial charge in [0.2, 0.25) is 0 Å². The van der Waals surface area contributed by atoms with Crippen molar-refractivity contribution in [1.29, 1.82) is 0 Å². The van der Waals surface area contributed by atoms with Crippen molar-refractivity contribution in [2.45, 2.75) is 45.8 Å². The summed E-state index contributed by atoms with van der Waals surface area (Å²) in [6.45, 7) is 9.32. The molecule has 1 saturated heterocycles. The topological polar surface area (TPSA) is 72.8 Å². The first kappa shape index (κ1) is 19.2. The highest BCUT2D eigenvalue weighted by atomic mass is 32.2. The number of thioether (sulfide) groups is 1. The fraction of sp³-hybridized carbons (Fsp3) is 0.500. The summed E-state index contributed by atoms with van der Waals surface area (Å²) in [5, 5.41) is 11.0. The Kier molecular flexibility index (Phi) is 5.64. The number of hydrogen-bond acceptors (Lipinski definition) is 6. The number of thiophene rings is 1. The first-order chi connectivity index (χ1) is 11.0. The Balaban J connectivity index is 2.35. The minimum Gasteiger partial charge on any atom is -0.477 e. The molecular formula is C16H21BO5S2. The minimum absolute atomic E-state index is 0.0128. The fourth-order valence-electron chi connectivity index (χ4n) is 2.16. The summed E-state index contributed by atoms with van der Waals surface area (Å²) in [6, 6.07) is 1.75. The zero-order valence-corrected chi connectivity index (χ0v) is 16.0. The van der Waals surface area contributed by atoms with Gasteiger partial charge in [-0.25, -0.2) is 4.79 Å². The zero-order chi connectivity index (χ0) is 18.1. The quantitative estimate of drug-likeness (QED) is 0.799. The highest BCUT2D eigenvalue weighted by Gasteiger charge is 2.52. The van der Waals surface area contributed by atoms with Crippen LogP contribution in [0.2, 0.25) is 0 Å². The number of carbonyl (C=O) groups is 2. The Morgan fingerprint density at radius 2 is 1.88 bits per heavy atom. The van der Waals surface area contributed by atoms with E-state index >= 15 is 0 Å². The van der Waals surface area contributed by atoms with E-state index in [1.807, 2.05) is 27.7 Å². The lowest BCUT2D eigenvalue weighted by Gasteiger charge is -2.32. The van der Waals surface area contributed by atoms with Crippen LogP contribution in [-0.4, -0.2) is 40.3 Å². The van der Waals surface area contributed by atoms with Gasteiger partial charge in [-0.2, -0.15) is 0 Å². The van der Waals surface area contributed by atoms with E-state index < -0.39 is 24.3 Å². The molecule has 0 radical (unpaired) electrons. The molecule has 0 aromatic carbocycles. The maximum Gasteiger partial charge on any atom is 0.491 e. The predicted molar refractivity (Wildman–Crippen MR) is 98.5 cm³/mol. The van der Waals surface area contributed by atoms with Crippen LogP contribution in [0.1, 0.15) is 49.9 Å². The molecule has 1 aliphatic rings. The predicted octanol–water partition coefficient (Wildman–Crippen LogP) is 3.74. The number of aromatic carboxylic acids is 1. The molecule has 0 atom stereocenters. The third-order valence-corrected chi connectivity index (χ3v) is 6.03. The Hall–Kier alpha value is -1.09. The van der Waals surface area contributed by atoms with E-state index in [-0.39, 0.29) is 9.99 Å². The molecule has 1 fully saturated rings. The van der Waals surface area contributed by atoms with Gasteiger partial charge in [-0.1, -0.05) is 17.8 Å². The van der Waals surface area contributed by atoms with Gasteiger partial charge in [-0.05, 0) is 50.2 Å². The zero-order valence-electron chi connectivity index (χ0n) is 14.4. The molecule has 0 aliphatic carbocycles.